The van der Waals surface area contributed by atoms with Crippen molar-refractivity contribution in [3.63, 3.8) is 0 Å². The molecule has 1 aliphatic heterocycles. The molecule has 0 aliphatic carbocycles. The maximum absolute atomic E-state index is 12.6. The van der Waals surface area contributed by atoms with Crippen LogP contribution in [0.1, 0.15) is 71.5 Å². The highest BCUT2D eigenvalue weighted by atomic mass is 16.6. The van der Waals surface area contributed by atoms with Crippen molar-refractivity contribution in [1.29, 1.82) is 0 Å². The van der Waals surface area contributed by atoms with E-state index in [1.165, 1.54) is 17.7 Å². The van der Waals surface area contributed by atoms with Crippen LogP contribution in [0.25, 0.3) is 0 Å². The van der Waals surface area contributed by atoms with E-state index < -0.39 is 6.09 Å². The van der Waals surface area contributed by atoms with E-state index in [9.17, 15) is 9.59 Å². The lowest BCUT2D eigenvalue weighted by atomic mass is 9.95. The number of rotatable bonds is 8. The van der Waals surface area contributed by atoms with Gasteiger partial charge in [-0.15, -0.1) is 0 Å². The van der Waals surface area contributed by atoms with Gasteiger partial charge in [-0.1, -0.05) is 70.4 Å². The van der Waals surface area contributed by atoms with Gasteiger partial charge in [0.1, 0.15) is 6.10 Å². The van der Waals surface area contributed by atoms with E-state index in [1.54, 1.807) is 0 Å². The Balaban J connectivity index is 1.86. The summed E-state index contributed by atoms with van der Waals surface area (Å²) in [5, 5.41) is 0. The highest BCUT2D eigenvalue weighted by Gasteiger charge is 2.42. The maximum atomic E-state index is 12.6. The van der Waals surface area contributed by atoms with Gasteiger partial charge in [-0.05, 0) is 30.7 Å². The van der Waals surface area contributed by atoms with Crippen LogP contribution in [0.4, 0.5) is 4.79 Å². The van der Waals surface area contributed by atoms with Crippen LogP contribution in [-0.4, -0.2) is 22.9 Å². The van der Waals surface area contributed by atoms with E-state index in [0.29, 0.717) is 12.3 Å². The zero-order chi connectivity index (χ0) is 18.4. The second-order valence-corrected chi connectivity index (χ2v) is 7.69. The summed E-state index contributed by atoms with van der Waals surface area (Å²) in [4.78, 5) is 26.0. The molecule has 1 fully saturated rings. The molecule has 2 rings (SSSR count). The molecule has 0 saturated carbocycles. The third kappa shape index (κ3) is 5.32. The van der Waals surface area contributed by atoms with Crippen LogP contribution in [0.3, 0.4) is 0 Å². The normalized spacial score (nSPS) is 21.5. The van der Waals surface area contributed by atoms with E-state index >= 15 is 0 Å². The summed E-state index contributed by atoms with van der Waals surface area (Å²) in [6.07, 6.45) is 3.91. The Labute approximate surface area is 151 Å². The number of carbonyl (C=O) groups is 2. The van der Waals surface area contributed by atoms with Crippen molar-refractivity contribution in [1.82, 2.24) is 4.90 Å². The van der Waals surface area contributed by atoms with Gasteiger partial charge in [0.2, 0.25) is 5.91 Å². The number of hydrogen-bond acceptors (Lipinski definition) is 3. The van der Waals surface area contributed by atoms with Crippen molar-refractivity contribution in [2.24, 2.45) is 11.8 Å². The molecule has 0 N–H and O–H groups in total. The van der Waals surface area contributed by atoms with Gasteiger partial charge in [0.25, 0.3) is 0 Å². The summed E-state index contributed by atoms with van der Waals surface area (Å²) in [6.45, 7) is 8.54. The van der Waals surface area contributed by atoms with Gasteiger partial charge in [-0.3, -0.25) is 4.79 Å². The number of imide groups is 1. The van der Waals surface area contributed by atoms with E-state index in [1.807, 2.05) is 37.3 Å². The van der Waals surface area contributed by atoms with Gasteiger partial charge < -0.3 is 4.74 Å². The van der Waals surface area contributed by atoms with E-state index in [0.717, 1.165) is 24.3 Å². The van der Waals surface area contributed by atoms with Crippen LogP contribution >= 0.6 is 0 Å². The summed E-state index contributed by atoms with van der Waals surface area (Å²) in [7, 11) is 0. The van der Waals surface area contributed by atoms with Crippen molar-refractivity contribution >= 4 is 12.0 Å². The third-order valence-corrected chi connectivity index (χ3v) is 5.00. The fourth-order valence-electron chi connectivity index (χ4n) is 3.39. The molecule has 2 amide bonds. The molecule has 25 heavy (non-hydrogen) atoms. The van der Waals surface area contributed by atoms with E-state index in [2.05, 4.69) is 20.8 Å². The fraction of sp³-hybridized carbons (Fsp3) is 0.619. The Bertz CT molecular complexity index is 570. The molecule has 4 nitrogen and oxygen atoms in total. The molecule has 0 aromatic heterocycles. The molecule has 3 unspecified atom stereocenters. The molecule has 1 aliphatic rings. The minimum atomic E-state index is -0.515. The number of carbonyl (C=O) groups excluding carboxylic acids is 2. The SMILES string of the molecule is CC(C)CCCC(C)CCC(=O)N1C(=O)OC(c2ccccc2)C1C. The standard InChI is InChI=1S/C21H31NO3/c1-15(2)9-8-10-16(3)13-14-19(23)22-17(4)20(25-21(22)24)18-11-6-5-7-12-18/h5-7,11-12,15-17,20H,8-10,13-14H2,1-4H3. The topological polar surface area (TPSA) is 46.6 Å². The molecule has 4 heteroatoms. The number of hydrogen-bond donors (Lipinski definition) is 0. The Morgan fingerprint density at radius 2 is 1.80 bits per heavy atom. The Kier molecular flexibility index (Phi) is 7.03. The van der Waals surface area contributed by atoms with Crippen LogP contribution in [0.15, 0.2) is 30.3 Å². The molecular weight excluding hydrogens is 314 g/mol. The largest absolute Gasteiger partial charge is 0.439 e. The van der Waals surface area contributed by atoms with Crippen molar-refractivity contribution < 1.29 is 14.3 Å². The smallest absolute Gasteiger partial charge is 0.417 e. The fourth-order valence-corrected chi connectivity index (χ4v) is 3.39. The molecule has 3 atom stereocenters. The number of ether oxygens (including phenoxy) is 1. The zero-order valence-corrected chi connectivity index (χ0v) is 15.9. The number of cyclic esters (lactones) is 1. The maximum Gasteiger partial charge on any atom is 0.417 e. The van der Waals surface area contributed by atoms with Crippen LogP contribution in [0, 0.1) is 11.8 Å². The lowest BCUT2D eigenvalue weighted by Gasteiger charge is -2.20. The predicted octanol–water partition coefficient (Wildman–Crippen LogP) is 5.34. The van der Waals surface area contributed by atoms with Crippen molar-refractivity contribution in [3.8, 4) is 0 Å². The van der Waals surface area contributed by atoms with Gasteiger partial charge in [-0.2, -0.15) is 0 Å². The van der Waals surface area contributed by atoms with Crippen LogP contribution < -0.4 is 0 Å². The molecule has 138 valence electrons. The molecule has 0 spiro atoms. The minimum Gasteiger partial charge on any atom is -0.439 e. The average Bonchev–Trinajstić information content (AvgIpc) is 2.88. The Morgan fingerprint density at radius 1 is 1.12 bits per heavy atom. The minimum absolute atomic E-state index is 0.119. The lowest BCUT2D eigenvalue weighted by Crippen LogP contribution is -2.37. The first kappa shape index (κ1) is 19.5. The van der Waals surface area contributed by atoms with Crippen molar-refractivity contribution in [2.75, 3.05) is 0 Å². The summed E-state index contributed by atoms with van der Waals surface area (Å²) in [6, 6.07) is 9.35. The van der Waals surface area contributed by atoms with Gasteiger partial charge in [0.05, 0.1) is 6.04 Å². The molecule has 1 saturated heterocycles. The summed E-state index contributed by atoms with van der Waals surface area (Å²) >= 11 is 0. The monoisotopic (exact) mass is 345 g/mol. The molecule has 1 aromatic rings. The van der Waals surface area contributed by atoms with Crippen LogP contribution in [-0.2, 0) is 9.53 Å². The van der Waals surface area contributed by atoms with E-state index in [-0.39, 0.29) is 18.1 Å². The first-order valence-electron chi connectivity index (χ1n) is 9.47. The van der Waals surface area contributed by atoms with E-state index in [4.69, 9.17) is 4.74 Å². The predicted molar refractivity (Wildman–Crippen MR) is 99.1 cm³/mol. The number of benzene rings is 1. The number of amides is 2. The molecule has 1 heterocycles. The highest BCUT2D eigenvalue weighted by Crippen LogP contribution is 2.33. The molecule has 1 aromatic carbocycles. The molecular formula is C21H31NO3. The third-order valence-electron chi connectivity index (χ3n) is 5.00. The number of nitrogens with zero attached hydrogens (tertiary/aromatic N) is 1. The first-order chi connectivity index (χ1) is 11.9. The Morgan fingerprint density at radius 3 is 2.44 bits per heavy atom. The zero-order valence-electron chi connectivity index (χ0n) is 15.9. The molecule has 0 bridgehead atoms. The quantitative estimate of drug-likeness (QED) is 0.639. The highest BCUT2D eigenvalue weighted by molar-refractivity contribution is 5.93. The van der Waals surface area contributed by atoms with Crippen molar-refractivity contribution in [2.45, 2.75) is 71.9 Å². The van der Waals surface area contributed by atoms with Crippen LogP contribution in [0.2, 0.25) is 0 Å². The summed E-state index contributed by atoms with van der Waals surface area (Å²) in [5.74, 6) is 1.11. The second-order valence-electron chi connectivity index (χ2n) is 7.69. The summed E-state index contributed by atoms with van der Waals surface area (Å²) < 4.78 is 5.46. The first-order valence-corrected chi connectivity index (χ1v) is 9.47. The van der Waals surface area contributed by atoms with Crippen LogP contribution in [0.5, 0.6) is 0 Å². The van der Waals surface area contributed by atoms with Gasteiger partial charge in [-0.25, -0.2) is 9.69 Å². The lowest BCUT2D eigenvalue weighted by molar-refractivity contribution is -0.129. The second kappa shape index (κ2) is 9.02. The van der Waals surface area contributed by atoms with Crippen molar-refractivity contribution in [3.05, 3.63) is 35.9 Å². The average molecular weight is 345 g/mol. The van der Waals surface area contributed by atoms with Gasteiger partial charge >= 0.3 is 6.09 Å². The van der Waals surface area contributed by atoms with Gasteiger partial charge in [0.15, 0.2) is 0 Å². The molecule has 0 radical (unpaired) electrons. The van der Waals surface area contributed by atoms with Gasteiger partial charge in [0, 0.05) is 6.42 Å². The Hall–Kier alpha value is -1.84. The summed E-state index contributed by atoms with van der Waals surface area (Å²) in [5.41, 5.74) is 0.931.